The second-order valence-electron chi connectivity index (χ2n) is 8.38. The first-order chi connectivity index (χ1) is 15.0. The Kier molecular flexibility index (Phi) is 5.06. The van der Waals surface area contributed by atoms with Crippen molar-refractivity contribution in [3.8, 4) is 0 Å². The number of carbonyl (C=O) groups is 1. The molecule has 1 amide bonds. The van der Waals surface area contributed by atoms with Gasteiger partial charge in [0.15, 0.2) is 0 Å². The van der Waals surface area contributed by atoms with Crippen LogP contribution in [0.5, 0.6) is 0 Å². The molecule has 0 radical (unpaired) electrons. The molecule has 3 heterocycles. The number of anilines is 1. The normalized spacial score (nSPS) is 15.3. The summed E-state index contributed by atoms with van der Waals surface area (Å²) in [5.41, 5.74) is 10.2. The highest BCUT2D eigenvalue weighted by atomic mass is 19.1. The number of nitrogens with two attached hydrogens (primary N) is 1. The number of benzene rings is 1. The van der Waals surface area contributed by atoms with E-state index in [0.29, 0.717) is 43.6 Å². The summed E-state index contributed by atoms with van der Waals surface area (Å²) in [6.45, 7) is 3.63. The van der Waals surface area contributed by atoms with Gasteiger partial charge in [0.05, 0.1) is 36.5 Å². The minimum absolute atomic E-state index is 0.0382. The van der Waals surface area contributed by atoms with Crippen molar-refractivity contribution in [3.05, 3.63) is 64.2 Å². The Bertz CT molecular complexity index is 1160. The van der Waals surface area contributed by atoms with E-state index in [1.54, 1.807) is 11.0 Å². The maximum absolute atomic E-state index is 15.0. The number of hydrogen-bond donors (Lipinski definition) is 1. The summed E-state index contributed by atoms with van der Waals surface area (Å²) >= 11 is 0. The number of rotatable bonds is 6. The molecule has 1 aromatic carbocycles. The van der Waals surface area contributed by atoms with E-state index in [2.05, 4.69) is 16.0 Å². The Balaban J connectivity index is 1.47. The second kappa shape index (κ2) is 7.89. The molecule has 1 fully saturated rings. The zero-order valence-electron chi connectivity index (χ0n) is 17.5. The van der Waals surface area contributed by atoms with Crippen LogP contribution < -0.4 is 5.73 Å². The van der Waals surface area contributed by atoms with Gasteiger partial charge in [0, 0.05) is 29.8 Å². The Hall–Kier alpha value is -3.06. The SMILES string of the molecule is CCCN(Cc1ccc(C2CC2)cn1)C(=O)c1cc2c3c(c(N)nc2cc1F)COC3. The number of fused-ring (bicyclic) bond motifs is 3. The molecule has 2 N–H and O–H groups in total. The molecule has 0 saturated heterocycles. The molecule has 1 aliphatic heterocycles. The summed E-state index contributed by atoms with van der Waals surface area (Å²) < 4.78 is 20.5. The van der Waals surface area contributed by atoms with Crippen molar-refractivity contribution in [3.63, 3.8) is 0 Å². The van der Waals surface area contributed by atoms with Gasteiger partial charge in [0.2, 0.25) is 0 Å². The van der Waals surface area contributed by atoms with Crippen molar-refractivity contribution in [1.82, 2.24) is 14.9 Å². The van der Waals surface area contributed by atoms with Crippen molar-refractivity contribution in [2.75, 3.05) is 12.3 Å². The van der Waals surface area contributed by atoms with Crippen LogP contribution in [0.3, 0.4) is 0 Å². The first kappa shape index (κ1) is 19.9. The predicted molar refractivity (Wildman–Crippen MR) is 116 cm³/mol. The molecule has 7 heteroatoms. The van der Waals surface area contributed by atoms with Crippen molar-refractivity contribution in [2.24, 2.45) is 0 Å². The average Bonchev–Trinajstić information content (AvgIpc) is 3.49. The van der Waals surface area contributed by atoms with Crippen LogP contribution in [0.1, 0.15) is 64.8 Å². The molecule has 160 valence electrons. The smallest absolute Gasteiger partial charge is 0.257 e. The van der Waals surface area contributed by atoms with Crippen LogP contribution >= 0.6 is 0 Å². The van der Waals surface area contributed by atoms with Gasteiger partial charge in [-0.05, 0) is 48.4 Å². The highest BCUT2D eigenvalue weighted by molar-refractivity contribution is 5.99. The lowest BCUT2D eigenvalue weighted by Gasteiger charge is -2.22. The quantitative estimate of drug-likeness (QED) is 0.643. The fourth-order valence-electron chi connectivity index (χ4n) is 4.23. The lowest BCUT2D eigenvalue weighted by atomic mass is 10.0. The number of halogens is 1. The minimum atomic E-state index is -0.596. The molecule has 3 aromatic rings. The number of hydrogen-bond acceptors (Lipinski definition) is 5. The number of carbonyl (C=O) groups excluding carboxylic acids is 1. The fourth-order valence-corrected chi connectivity index (χ4v) is 4.23. The van der Waals surface area contributed by atoms with Crippen molar-refractivity contribution >= 4 is 22.6 Å². The molecule has 1 saturated carbocycles. The van der Waals surface area contributed by atoms with E-state index >= 15 is 0 Å². The van der Waals surface area contributed by atoms with E-state index in [0.717, 1.165) is 28.6 Å². The van der Waals surface area contributed by atoms with Gasteiger partial charge in [-0.3, -0.25) is 9.78 Å². The molecular weight excluding hydrogens is 395 g/mol. The third-order valence-corrected chi connectivity index (χ3v) is 6.08. The number of aromatic nitrogens is 2. The van der Waals surface area contributed by atoms with E-state index in [-0.39, 0.29) is 11.5 Å². The molecule has 0 atom stereocenters. The minimum Gasteiger partial charge on any atom is -0.383 e. The molecule has 2 aliphatic rings. The number of ether oxygens (including phenoxy) is 1. The third-order valence-electron chi connectivity index (χ3n) is 6.08. The maximum Gasteiger partial charge on any atom is 0.257 e. The van der Waals surface area contributed by atoms with E-state index in [4.69, 9.17) is 10.5 Å². The van der Waals surface area contributed by atoms with Crippen molar-refractivity contribution in [2.45, 2.75) is 51.9 Å². The molecule has 5 rings (SSSR count). The molecule has 1 aliphatic carbocycles. The molecule has 6 nitrogen and oxygen atoms in total. The summed E-state index contributed by atoms with van der Waals surface area (Å²) in [6, 6.07) is 6.95. The number of amides is 1. The van der Waals surface area contributed by atoms with E-state index in [1.165, 1.54) is 24.5 Å². The highest BCUT2D eigenvalue weighted by Gasteiger charge is 2.26. The zero-order valence-corrected chi connectivity index (χ0v) is 17.5. The first-order valence-electron chi connectivity index (χ1n) is 10.8. The largest absolute Gasteiger partial charge is 0.383 e. The van der Waals surface area contributed by atoms with E-state index in [9.17, 15) is 9.18 Å². The monoisotopic (exact) mass is 420 g/mol. The van der Waals surface area contributed by atoms with Crippen LogP contribution in [0.4, 0.5) is 10.2 Å². The third kappa shape index (κ3) is 3.74. The molecule has 0 bridgehead atoms. The predicted octanol–water partition coefficient (Wildman–Crippen LogP) is 4.31. The van der Waals surface area contributed by atoms with Gasteiger partial charge < -0.3 is 15.4 Å². The van der Waals surface area contributed by atoms with Crippen LogP contribution in [-0.2, 0) is 24.5 Å². The standard InChI is InChI=1S/C24H25FN4O2/c1-2-7-29(11-16-6-5-15(10-27-16)14-3-4-14)24(30)18-8-17-19-12-31-13-20(19)23(26)28-22(17)9-21(18)25/h5-6,8-10,14H,2-4,7,11-13H2,1H3,(H2,26,28). The second-order valence-corrected chi connectivity index (χ2v) is 8.38. The average molecular weight is 420 g/mol. The molecular formula is C24H25FN4O2. The number of pyridine rings is 2. The van der Waals surface area contributed by atoms with Gasteiger partial charge in [-0.1, -0.05) is 13.0 Å². The molecule has 0 spiro atoms. The highest BCUT2D eigenvalue weighted by Crippen LogP contribution is 2.39. The van der Waals surface area contributed by atoms with Crippen LogP contribution in [-0.4, -0.2) is 27.3 Å². The number of nitrogens with zero attached hydrogens (tertiary/aromatic N) is 3. The van der Waals surface area contributed by atoms with E-state index in [1.807, 2.05) is 19.2 Å². The summed E-state index contributed by atoms with van der Waals surface area (Å²) in [4.78, 5) is 23.8. The van der Waals surface area contributed by atoms with Gasteiger partial charge in [0.1, 0.15) is 11.6 Å². The van der Waals surface area contributed by atoms with Gasteiger partial charge in [-0.15, -0.1) is 0 Å². The van der Waals surface area contributed by atoms with Crippen LogP contribution in [0.15, 0.2) is 30.5 Å². The molecule has 2 aromatic heterocycles. The van der Waals surface area contributed by atoms with E-state index < -0.39 is 5.82 Å². The topological polar surface area (TPSA) is 81.3 Å². The van der Waals surface area contributed by atoms with Crippen LogP contribution in [0.25, 0.3) is 10.9 Å². The van der Waals surface area contributed by atoms with Gasteiger partial charge in [-0.2, -0.15) is 0 Å². The van der Waals surface area contributed by atoms with Gasteiger partial charge in [0.25, 0.3) is 5.91 Å². The Morgan fingerprint density at radius 2 is 2.06 bits per heavy atom. The maximum atomic E-state index is 15.0. The Morgan fingerprint density at radius 3 is 2.77 bits per heavy atom. The Morgan fingerprint density at radius 1 is 1.26 bits per heavy atom. The Labute approximate surface area is 180 Å². The van der Waals surface area contributed by atoms with Crippen molar-refractivity contribution < 1.29 is 13.9 Å². The van der Waals surface area contributed by atoms with Gasteiger partial charge >= 0.3 is 0 Å². The zero-order chi connectivity index (χ0) is 21.5. The van der Waals surface area contributed by atoms with Gasteiger partial charge in [-0.25, -0.2) is 9.37 Å². The number of nitrogen functional groups attached to an aromatic ring is 1. The van der Waals surface area contributed by atoms with Crippen LogP contribution in [0.2, 0.25) is 0 Å². The van der Waals surface area contributed by atoms with Crippen LogP contribution in [0, 0.1) is 5.82 Å². The summed E-state index contributed by atoms with van der Waals surface area (Å²) in [6.07, 6.45) is 5.11. The first-order valence-corrected chi connectivity index (χ1v) is 10.8. The molecule has 0 unspecified atom stereocenters. The van der Waals surface area contributed by atoms with Crippen molar-refractivity contribution in [1.29, 1.82) is 0 Å². The summed E-state index contributed by atoms with van der Waals surface area (Å²) in [5, 5.41) is 0.717. The lowest BCUT2D eigenvalue weighted by Crippen LogP contribution is -2.32. The summed E-state index contributed by atoms with van der Waals surface area (Å²) in [7, 11) is 0. The lowest BCUT2D eigenvalue weighted by molar-refractivity contribution is 0.0736. The fraction of sp³-hybridized carbons (Fsp3) is 0.375. The summed E-state index contributed by atoms with van der Waals surface area (Å²) in [5.74, 6) is 0.0435. The molecule has 31 heavy (non-hydrogen) atoms.